The Kier molecular flexibility index (Phi) is 4.45. The Bertz CT molecular complexity index is 1050. The Morgan fingerprint density at radius 2 is 2.07 bits per heavy atom. The number of benzene rings is 1. The van der Waals surface area contributed by atoms with Crippen molar-refractivity contribution in [3.05, 3.63) is 58.4 Å². The number of piperidine rings is 1. The summed E-state index contributed by atoms with van der Waals surface area (Å²) >= 11 is 5.69. The van der Waals surface area contributed by atoms with Gasteiger partial charge in [0.15, 0.2) is 0 Å². The second-order valence-corrected chi connectivity index (χ2v) is 6.74. The summed E-state index contributed by atoms with van der Waals surface area (Å²) in [4.78, 5) is 21.3. The molecule has 1 aliphatic heterocycles. The normalized spacial score (nSPS) is 23.5. The van der Waals surface area contributed by atoms with Crippen molar-refractivity contribution in [3.8, 4) is 0 Å². The van der Waals surface area contributed by atoms with E-state index in [2.05, 4.69) is 15.3 Å². The molecule has 1 aromatic heterocycles. The first-order valence-electron chi connectivity index (χ1n) is 11.5. The maximum atomic E-state index is 15.6. The van der Waals surface area contributed by atoms with Gasteiger partial charge in [0, 0.05) is 58.6 Å². The zero-order valence-electron chi connectivity index (χ0n) is 21.1. The quantitative estimate of drug-likeness (QED) is 0.785. The molecule has 150 valence electrons. The third-order valence-electron chi connectivity index (χ3n) is 4.20. The molecule has 0 saturated carbocycles. The van der Waals surface area contributed by atoms with Crippen LogP contribution in [0.2, 0.25) is 5.02 Å². The van der Waals surface area contributed by atoms with Crippen LogP contribution in [0.5, 0.6) is 0 Å². The Morgan fingerprint density at radius 1 is 1.39 bits per heavy atom. The van der Waals surface area contributed by atoms with Gasteiger partial charge in [-0.1, -0.05) is 18.5 Å². The van der Waals surface area contributed by atoms with E-state index in [0.29, 0.717) is 4.90 Å². The summed E-state index contributed by atoms with van der Waals surface area (Å²) in [6.07, 6.45) is -0.584. The van der Waals surface area contributed by atoms with E-state index in [1.807, 2.05) is 0 Å². The van der Waals surface area contributed by atoms with Crippen LogP contribution in [0.4, 0.5) is 8.78 Å². The first kappa shape index (κ1) is 14.0. The van der Waals surface area contributed by atoms with Crippen molar-refractivity contribution in [1.82, 2.24) is 20.2 Å². The molecule has 28 heavy (non-hydrogen) atoms. The Labute approximate surface area is 176 Å². The first-order chi connectivity index (χ1) is 15.5. The third-order valence-corrected chi connectivity index (χ3v) is 4.49. The van der Waals surface area contributed by atoms with Gasteiger partial charge in [-0.15, -0.1) is 0 Å². The maximum absolute atomic E-state index is 15.6. The lowest BCUT2D eigenvalue weighted by atomic mass is 9.92. The molecule has 1 aliphatic rings. The highest BCUT2D eigenvalue weighted by Gasteiger charge is 2.36. The molecule has 1 saturated heterocycles. The molecule has 5 nitrogen and oxygen atoms in total. The molecule has 0 bridgehead atoms. The van der Waals surface area contributed by atoms with E-state index in [-0.39, 0.29) is 28.5 Å². The fourth-order valence-electron chi connectivity index (χ4n) is 2.56. The van der Waals surface area contributed by atoms with E-state index in [9.17, 15) is 9.18 Å². The van der Waals surface area contributed by atoms with Crippen LogP contribution in [0.25, 0.3) is 0 Å². The van der Waals surface area contributed by atoms with Crippen LogP contribution < -0.4 is 5.32 Å². The van der Waals surface area contributed by atoms with Crippen molar-refractivity contribution in [2.45, 2.75) is 38.4 Å². The molecule has 0 unspecified atom stereocenters. The van der Waals surface area contributed by atoms with Crippen molar-refractivity contribution < 1.29 is 21.8 Å². The summed E-state index contributed by atoms with van der Waals surface area (Å²) in [5.74, 6) is -1.61. The van der Waals surface area contributed by atoms with Gasteiger partial charge in [-0.05, 0) is 30.1 Å². The van der Waals surface area contributed by atoms with E-state index in [1.165, 1.54) is 19.3 Å². The Morgan fingerprint density at radius 3 is 2.68 bits per heavy atom. The maximum Gasteiger partial charge on any atom is 0.253 e. The number of hydrogen-bond donors (Lipinski definition) is 1. The van der Waals surface area contributed by atoms with E-state index >= 15 is 4.39 Å². The molecule has 2 heterocycles. The molecule has 0 radical (unpaired) electrons. The van der Waals surface area contributed by atoms with Crippen molar-refractivity contribution in [3.63, 3.8) is 0 Å². The largest absolute Gasteiger partial charge is 0.338 e. The summed E-state index contributed by atoms with van der Waals surface area (Å²) in [6, 6.07) is 2.95. The number of aromatic nitrogens is 2. The van der Waals surface area contributed by atoms with Crippen LogP contribution in [0.1, 0.15) is 49.7 Å². The predicted octanol–water partition coefficient (Wildman–Crippen LogP) is 3.57. The van der Waals surface area contributed by atoms with Gasteiger partial charge >= 0.3 is 0 Å². The fourth-order valence-corrected chi connectivity index (χ4v) is 2.74. The highest BCUT2D eigenvalue weighted by atomic mass is 35.5. The van der Waals surface area contributed by atoms with Gasteiger partial charge in [0.25, 0.3) is 5.91 Å². The number of aryl methyl sites for hydroxylation is 1. The molecule has 2 aromatic rings. The number of rotatable bonds is 6. The smallest absolute Gasteiger partial charge is 0.253 e. The number of nitrogens with one attached hydrogen (secondary N) is 1. The molecule has 0 aliphatic carbocycles. The number of amides is 1. The number of carbonyl (C=O) groups excluding carboxylic acids is 1. The van der Waals surface area contributed by atoms with Crippen LogP contribution in [0.3, 0.4) is 0 Å². The summed E-state index contributed by atoms with van der Waals surface area (Å²) in [5.41, 5.74) is -2.29. The number of hydrogen-bond acceptors (Lipinski definition) is 4. The fraction of sp³-hybridized carbons (Fsp3) is 0.450. The highest BCUT2D eigenvalue weighted by molar-refractivity contribution is 6.31. The molecule has 8 heteroatoms. The van der Waals surface area contributed by atoms with Gasteiger partial charge in [0.05, 0.1) is 11.6 Å². The number of likely N-dealkylation sites (tertiary alicyclic amines) is 1. The zero-order chi connectivity index (χ0) is 25.5. The molecule has 1 amide bonds. The van der Waals surface area contributed by atoms with Gasteiger partial charge in [-0.3, -0.25) is 4.79 Å². The van der Waals surface area contributed by atoms with Crippen molar-refractivity contribution in [2.24, 2.45) is 0 Å². The monoisotopic (exact) mass is 414 g/mol. The molecule has 1 N–H and O–H groups in total. The SMILES string of the molecule is [2H]C([2H])(C)c1cnc(CNCC2(F)CC([2H])([2H])N(C(=O)c3ccc(F)c(Cl)c3)C([2H])([2H])C2)nc1. The minimum Gasteiger partial charge on any atom is -0.338 e. The van der Waals surface area contributed by atoms with Crippen molar-refractivity contribution >= 4 is 17.5 Å². The van der Waals surface area contributed by atoms with E-state index < -0.39 is 56.1 Å². The summed E-state index contributed by atoms with van der Waals surface area (Å²) < 4.78 is 77.3. The number of halogens is 3. The van der Waals surface area contributed by atoms with E-state index in [1.54, 1.807) is 0 Å². The first-order valence-corrected chi connectivity index (χ1v) is 8.93. The lowest BCUT2D eigenvalue weighted by Gasteiger charge is -2.36. The second-order valence-electron chi connectivity index (χ2n) is 6.33. The lowest BCUT2D eigenvalue weighted by Crippen LogP contribution is -2.48. The minimum absolute atomic E-state index is 0.0125. The van der Waals surface area contributed by atoms with Gasteiger partial charge in [0.1, 0.15) is 17.3 Å². The van der Waals surface area contributed by atoms with E-state index in [0.717, 1.165) is 18.2 Å². The lowest BCUT2D eigenvalue weighted by molar-refractivity contribution is 0.0434. The zero-order valence-corrected chi connectivity index (χ0v) is 15.9. The molecule has 1 fully saturated rings. The molecule has 3 rings (SSSR count). The molecular formula is C20H23ClF2N4O. The summed E-state index contributed by atoms with van der Waals surface area (Å²) in [5, 5.41) is 2.37. The standard InChI is InChI=1S/C20H23ClF2N4O/c1-2-14-10-25-18(26-11-14)12-24-13-20(23)5-7-27(8-6-20)19(28)15-3-4-17(22)16(21)9-15/h3-4,9-11,24H,2,5-8,12-13H2,1H3/i2D2,7D2,8D2. The van der Waals surface area contributed by atoms with Crippen LogP contribution in [-0.2, 0) is 12.9 Å². The van der Waals surface area contributed by atoms with Crippen LogP contribution >= 0.6 is 11.6 Å². The predicted molar refractivity (Wildman–Crippen MR) is 104 cm³/mol. The molecule has 0 spiro atoms. The van der Waals surface area contributed by atoms with Crippen LogP contribution in [0.15, 0.2) is 30.6 Å². The second kappa shape index (κ2) is 8.92. The number of nitrogens with zero attached hydrogens (tertiary/aromatic N) is 3. The Hall–Kier alpha value is -2.12. The molecular weight excluding hydrogens is 386 g/mol. The van der Waals surface area contributed by atoms with Crippen molar-refractivity contribution in [2.75, 3.05) is 19.5 Å². The number of carbonyl (C=O) groups is 1. The average Bonchev–Trinajstić information content (AvgIpc) is 2.67. The van der Waals surface area contributed by atoms with Gasteiger partial charge in [-0.2, -0.15) is 0 Å². The van der Waals surface area contributed by atoms with Crippen LogP contribution in [-0.4, -0.2) is 46.0 Å². The van der Waals surface area contributed by atoms with Gasteiger partial charge in [-0.25, -0.2) is 18.7 Å². The minimum atomic E-state index is -2.69. The van der Waals surface area contributed by atoms with Gasteiger partial charge < -0.3 is 10.2 Å². The molecule has 1 aromatic carbocycles. The third kappa shape index (κ3) is 5.02. The summed E-state index contributed by atoms with van der Waals surface area (Å²) in [6.45, 7) is -4.47. The topological polar surface area (TPSA) is 58.1 Å². The van der Waals surface area contributed by atoms with E-state index in [4.69, 9.17) is 19.8 Å². The van der Waals surface area contributed by atoms with Crippen molar-refractivity contribution in [1.29, 1.82) is 0 Å². The Balaban J connectivity index is 1.71. The molecule has 0 atom stereocenters. The highest BCUT2D eigenvalue weighted by Crippen LogP contribution is 2.27. The van der Waals surface area contributed by atoms with Crippen LogP contribution in [0, 0.1) is 5.82 Å². The van der Waals surface area contributed by atoms with Gasteiger partial charge in [0.2, 0.25) is 0 Å². The average molecular weight is 415 g/mol. The number of alkyl halides is 1. The summed E-state index contributed by atoms with van der Waals surface area (Å²) in [7, 11) is 0.